The first-order valence-corrected chi connectivity index (χ1v) is 20.2. The average molecular weight is 750 g/mol. The highest BCUT2D eigenvalue weighted by Gasteiger charge is 2.31. The van der Waals surface area contributed by atoms with E-state index in [-0.39, 0.29) is 0 Å². The lowest BCUT2D eigenvalue weighted by Crippen LogP contribution is -2.11. The number of aromatic nitrogens is 2. The summed E-state index contributed by atoms with van der Waals surface area (Å²) in [7, 11) is 0. The van der Waals surface area contributed by atoms with E-state index in [1.165, 1.54) is 71.6 Å². The maximum atomic E-state index is 4.86. The molecule has 9 aromatic carbocycles. The third-order valence-corrected chi connectivity index (χ3v) is 12.0. The number of fused-ring (bicyclic) bond motifs is 7. The Balaban J connectivity index is 1.10. The van der Waals surface area contributed by atoms with Gasteiger partial charge in [0, 0.05) is 34.5 Å². The molecular weight excluding hydrogens is 715 g/mol. The van der Waals surface area contributed by atoms with E-state index in [9.17, 15) is 0 Å². The number of benzene rings is 9. The molecule has 0 saturated heterocycles. The highest BCUT2D eigenvalue weighted by atomic mass is 15.1. The smallest absolute Gasteiger partial charge is 0.0985 e. The number of rotatable bonds is 6. The van der Waals surface area contributed by atoms with Crippen LogP contribution in [0, 0.1) is 0 Å². The Bertz CT molecular complexity index is 3340. The third kappa shape index (κ3) is 5.15. The van der Waals surface area contributed by atoms with Crippen molar-refractivity contribution < 1.29 is 0 Å². The number of para-hydroxylation sites is 1. The van der Waals surface area contributed by atoms with E-state index < -0.39 is 0 Å². The molecule has 0 saturated carbocycles. The number of hydrogen-bond donors (Lipinski definition) is 0. The maximum Gasteiger partial charge on any atom is 0.0985 e. The van der Waals surface area contributed by atoms with Crippen LogP contribution in [0.4, 0.5) is 17.1 Å². The van der Waals surface area contributed by atoms with E-state index in [0.29, 0.717) is 0 Å². The van der Waals surface area contributed by atoms with Gasteiger partial charge < -0.3 is 4.90 Å². The normalized spacial score (nSPS) is 11.7. The quantitative estimate of drug-likeness (QED) is 0.159. The van der Waals surface area contributed by atoms with Gasteiger partial charge in [0.25, 0.3) is 0 Å². The molecule has 1 aliphatic rings. The van der Waals surface area contributed by atoms with Crippen molar-refractivity contribution in [1.82, 2.24) is 9.97 Å². The minimum atomic E-state index is 0.891. The van der Waals surface area contributed by atoms with Gasteiger partial charge in [-0.3, -0.25) is 9.97 Å². The Morgan fingerprint density at radius 3 is 1.56 bits per heavy atom. The summed E-state index contributed by atoms with van der Waals surface area (Å²) < 4.78 is 0. The molecule has 0 amide bonds. The molecule has 0 radical (unpaired) electrons. The molecular formula is C56H35N3. The predicted octanol–water partition coefficient (Wildman–Crippen LogP) is 15.2. The van der Waals surface area contributed by atoms with Gasteiger partial charge in [-0.1, -0.05) is 152 Å². The van der Waals surface area contributed by atoms with Crippen molar-refractivity contribution in [2.75, 3.05) is 4.90 Å². The zero-order valence-electron chi connectivity index (χ0n) is 32.0. The first-order chi connectivity index (χ1) is 29.3. The monoisotopic (exact) mass is 749 g/mol. The Kier molecular flexibility index (Phi) is 7.54. The summed E-state index contributed by atoms with van der Waals surface area (Å²) in [6.07, 6.45) is 3.70. The van der Waals surface area contributed by atoms with Crippen LogP contribution in [0.1, 0.15) is 0 Å². The van der Waals surface area contributed by atoms with Gasteiger partial charge in [-0.05, 0) is 126 Å². The molecule has 0 fully saturated rings. The summed E-state index contributed by atoms with van der Waals surface area (Å²) >= 11 is 0. The van der Waals surface area contributed by atoms with Crippen LogP contribution < -0.4 is 4.90 Å². The van der Waals surface area contributed by atoms with Crippen molar-refractivity contribution >= 4 is 60.4 Å². The molecule has 3 heteroatoms. The van der Waals surface area contributed by atoms with Crippen molar-refractivity contribution in [1.29, 1.82) is 0 Å². The number of anilines is 3. The second-order valence-electron chi connectivity index (χ2n) is 15.3. The van der Waals surface area contributed by atoms with E-state index in [2.05, 4.69) is 193 Å². The minimum absolute atomic E-state index is 0.891. The van der Waals surface area contributed by atoms with E-state index in [1.54, 1.807) is 0 Å². The fourth-order valence-corrected chi connectivity index (χ4v) is 9.62. The highest BCUT2D eigenvalue weighted by molar-refractivity contribution is 6.29. The van der Waals surface area contributed by atoms with Crippen molar-refractivity contribution in [3.8, 4) is 55.6 Å². The van der Waals surface area contributed by atoms with Gasteiger partial charge in [0.05, 0.1) is 16.7 Å². The molecule has 2 aromatic heterocycles. The maximum absolute atomic E-state index is 4.86. The van der Waals surface area contributed by atoms with Crippen LogP contribution in [0.3, 0.4) is 0 Å². The van der Waals surface area contributed by atoms with Crippen molar-refractivity contribution in [2.45, 2.75) is 0 Å². The summed E-state index contributed by atoms with van der Waals surface area (Å²) in [6.45, 7) is 0. The van der Waals surface area contributed by atoms with Crippen molar-refractivity contribution in [3.63, 3.8) is 0 Å². The van der Waals surface area contributed by atoms with E-state index in [0.717, 1.165) is 44.4 Å². The van der Waals surface area contributed by atoms with E-state index in [4.69, 9.17) is 9.97 Å². The average Bonchev–Trinajstić information content (AvgIpc) is 3.64. The van der Waals surface area contributed by atoms with Gasteiger partial charge in [-0.25, -0.2) is 0 Å². The second-order valence-corrected chi connectivity index (χ2v) is 15.3. The van der Waals surface area contributed by atoms with E-state index in [1.807, 2.05) is 24.5 Å². The van der Waals surface area contributed by atoms with Gasteiger partial charge in [0.15, 0.2) is 0 Å². The van der Waals surface area contributed by atoms with Gasteiger partial charge >= 0.3 is 0 Å². The summed E-state index contributed by atoms with van der Waals surface area (Å²) in [5, 5.41) is 7.17. The second kappa shape index (κ2) is 13.4. The molecule has 274 valence electrons. The molecule has 1 aliphatic carbocycles. The van der Waals surface area contributed by atoms with Crippen molar-refractivity contribution in [3.05, 3.63) is 213 Å². The topological polar surface area (TPSA) is 29.0 Å². The third-order valence-electron chi connectivity index (χ3n) is 12.0. The molecule has 0 atom stereocenters. The number of pyridine rings is 2. The number of nitrogens with zero attached hydrogens (tertiary/aromatic N) is 3. The number of hydrogen-bond acceptors (Lipinski definition) is 3. The lowest BCUT2D eigenvalue weighted by molar-refractivity contribution is 1.29. The molecule has 0 unspecified atom stereocenters. The first-order valence-electron chi connectivity index (χ1n) is 20.2. The van der Waals surface area contributed by atoms with Crippen LogP contribution in [-0.2, 0) is 0 Å². The summed E-state index contributed by atoms with van der Waals surface area (Å²) in [5.41, 5.74) is 17.6. The fraction of sp³-hybridized carbons (Fsp3) is 0. The fourth-order valence-electron chi connectivity index (χ4n) is 9.62. The van der Waals surface area contributed by atoms with Gasteiger partial charge in [0.2, 0.25) is 0 Å². The summed E-state index contributed by atoms with van der Waals surface area (Å²) in [5.74, 6) is 0. The summed E-state index contributed by atoms with van der Waals surface area (Å²) in [4.78, 5) is 12.0. The largest absolute Gasteiger partial charge is 0.310 e. The SMILES string of the molecule is c1ccc(-c2c3c(c(-c4ccccc4)c4ccccc24)-c2ccc(-c4cccc(N(c5ccccc5)c5cc6cccnc6c6ncccc56)c4)c4cccc-3c24)cc1. The lowest BCUT2D eigenvalue weighted by atomic mass is 9.82. The van der Waals surface area contributed by atoms with Crippen molar-refractivity contribution in [2.24, 2.45) is 0 Å². The molecule has 0 bridgehead atoms. The zero-order valence-corrected chi connectivity index (χ0v) is 32.0. The predicted molar refractivity (Wildman–Crippen MR) is 247 cm³/mol. The molecule has 12 rings (SSSR count). The Morgan fingerprint density at radius 1 is 0.322 bits per heavy atom. The van der Waals surface area contributed by atoms with Crippen LogP contribution in [-0.4, -0.2) is 9.97 Å². The molecule has 0 spiro atoms. The van der Waals surface area contributed by atoms with E-state index >= 15 is 0 Å². The zero-order chi connectivity index (χ0) is 38.9. The molecule has 59 heavy (non-hydrogen) atoms. The highest BCUT2D eigenvalue weighted by Crippen LogP contribution is 2.58. The first kappa shape index (κ1) is 33.3. The van der Waals surface area contributed by atoms with Crippen LogP contribution in [0.2, 0.25) is 0 Å². The van der Waals surface area contributed by atoms with Gasteiger partial charge in [-0.2, -0.15) is 0 Å². The lowest BCUT2D eigenvalue weighted by Gasteiger charge is -2.27. The van der Waals surface area contributed by atoms with Crippen LogP contribution in [0.5, 0.6) is 0 Å². The summed E-state index contributed by atoms with van der Waals surface area (Å²) in [6, 6.07) is 72.6. The van der Waals surface area contributed by atoms with Crippen LogP contribution in [0.15, 0.2) is 213 Å². The van der Waals surface area contributed by atoms with Crippen LogP contribution >= 0.6 is 0 Å². The standard InChI is InChI=1S/C56H35N3/c1-4-16-36(17-5-1)50-44-25-10-11-26-45(44)51(37-18-6-2-7-19-37)54-48-31-30-42(43-27-13-28-47(52(43)48)53(50)54)38-20-12-24-41(34-38)59(40-22-8-3-9-23-40)49-35-39-21-14-32-57-55(39)56-46(49)29-15-33-58-56/h1-35H. The Hall–Kier alpha value is -7.88. The molecule has 2 heterocycles. The Labute approximate surface area is 342 Å². The molecule has 0 aliphatic heterocycles. The van der Waals surface area contributed by atoms with Gasteiger partial charge in [0.1, 0.15) is 0 Å². The molecule has 0 N–H and O–H groups in total. The van der Waals surface area contributed by atoms with Gasteiger partial charge in [-0.15, -0.1) is 0 Å². The minimum Gasteiger partial charge on any atom is -0.310 e. The molecule has 3 nitrogen and oxygen atoms in total. The van der Waals surface area contributed by atoms with Crippen LogP contribution in [0.25, 0.3) is 99.0 Å². The molecule has 11 aromatic rings. The Morgan fingerprint density at radius 2 is 0.847 bits per heavy atom.